The molecule has 1 aromatic rings. The highest BCUT2D eigenvalue weighted by molar-refractivity contribution is 4.69. The molecule has 2 N–H and O–H groups in total. The van der Waals surface area contributed by atoms with Crippen molar-refractivity contribution in [1.29, 1.82) is 0 Å². The van der Waals surface area contributed by atoms with Crippen LogP contribution in [0.1, 0.15) is 51.9 Å². The van der Waals surface area contributed by atoms with Crippen molar-refractivity contribution in [2.24, 2.45) is 0 Å². The predicted molar refractivity (Wildman–Crippen MR) is 72.8 cm³/mol. The van der Waals surface area contributed by atoms with Gasteiger partial charge in [0.25, 0.3) is 0 Å². The second-order valence-electron chi connectivity index (χ2n) is 4.13. The average Bonchev–Trinajstić information content (AvgIpc) is 2.91. The minimum atomic E-state index is -0.0974. The standard InChI is InChI=1S/C11H22O.C3H4N2/c1-3-5-7-8-10-11(12)9-6-4-2;1-2-5-3-4-1/h4,11-12H,2-3,5-10H2,1H3;1-3H,(H,4,5). The van der Waals surface area contributed by atoms with E-state index in [1.54, 1.807) is 18.7 Å². The van der Waals surface area contributed by atoms with E-state index in [1.807, 2.05) is 6.08 Å². The van der Waals surface area contributed by atoms with Gasteiger partial charge in [-0.05, 0) is 19.3 Å². The monoisotopic (exact) mass is 238 g/mol. The van der Waals surface area contributed by atoms with Gasteiger partial charge in [-0.3, -0.25) is 0 Å². The lowest BCUT2D eigenvalue weighted by molar-refractivity contribution is 0.152. The number of hydrogen-bond donors (Lipinski definition) is 2. The van der Waals surface area contributed by atoms with E-state index in [4.69, 9.17) is 0 Å². The minimum Gasteiger partial charge on any atom is -0.393 e. The van der Waals surface area contributed by atoms with Gasteiger partial charge in [-0.1, -0.05) is 38.7 Å². The number of imidazole rings is 1. The highest BCUT2D eigenvalue weighted by atomic mass is 16.3. The van der Waals surface area contributed by atoms with Crippen molar-refractivity contribution in [3.05, 3.63) is 31.4 Å². The highest BCUT2D eigenvalue weighted by Crippen LogP contribution is 2.09. The Kier molecular flexibility index (Phi) is 12.1. The van der Waals surface area contributed by atoms with Crippen LogP contribution < -0.4 is 0 Å². The lowest BCUT2D eigenvalue weighted by Crippen LogP contribution is -2.05. The van der Waals surface area contributed by atoms with E-state index in [9.17, 15) is 5.11 Å². The van der Waals surface area contributed by atoms with Gasteiger partial charge in [-0.2, -0.15) is 0 Å². The van der Waals surface area contributed by atoms with Crippen molar-refractivity contribution < 1.29 is 5.11 Å². The molecule has 0 saturated heterocycles. The van der Waals surface area contributed by atoms with Gasteiger partial charge in [0.05, 0.1) is 12.4 Å². The Morgan fingerprint density at radius 2 is 2.18 bits per heavy atom. The maximum Gasteiger partial charge on any atom is 0.0919 e. The van der Waals surface area contributed by atoms with Crippen molar-refractivity contribution >= 4 is 0 Å². The molecule has 0 radical (unpaired) electrons. The molecule has 1 heterocycles. The third-order valence-corrected chi connectivity index (χ3v) is 2.50. The number of aromatic nitrogens is 2. The summed E-state index contributed by atoms with van der Waals surface area (Å²) in [4.78, 5) is 6.42. The number of aromatic amines is 1. The second-order valence-corrected chi connectivity index (χ2v) is 4.13. The van der Waals surface area contributed by atoms with E-state index in [1.165, 1.54) is 25.7 Å². The first-order chi connectivity index (χ1) is 8.31. The van der Waals surface area contributed by atoms with Gasteiger partial charge >= 0.3 is 0 Å². The smallest absolute Gasteiger partial charge is 0.0919 e. The number of aliphatic hydroxyl groups excluding tert-OH is 1. The van der Waals surface area contributed by atoms with Crippen LogP contribution in [-0.2, 0) is 0 Å². The van der Waals surface area contributed by atoms with Gasteiger partial charge in [0, 0.05) is 12.4 Å². The minimum absolute atomic E-state index is 0.0974. The van der Waals surface area contributed by atoms with E-state index in [0.29, 0.717) is 0 Å². The second kappa shape index (κ2) is 13.0. The van der Waals surface area contributed by atoms with Crippen LogP contribution in [0, 0.1) is 0 Å². The van der Waals surface area contributed by atoms with Crippen molar-refractivity contribution in [2.75, 3.05) is 0 Å². The molecule has 0 saturated carbocycles. The predicted octanol–water partition coefficient (Wildman–Crippen LogP) is 3.69. The van der Waals surface area contributed by atoms with E-state index in [2.05, 4.69) is 23.5 Å². The summed E-state index contributed by atoms with van der Waals surface area (Å²) in [6, 6.07) is 0. The van der Waals surface area contributed by atoms with Crippen molar-refractivity contribution in [3.8, 4) is 0 Å². The SMILES string of the molecule is C=CCCC(O)CCCCCC.c1c[nH]cn1. The van der Waals surface area contributed by atoms with Gasteiger partial charge in [0.15, 0.2) is 0 Å². The highest BCUT2D eigenvalue weighted by Gasteiger charge is 2.01. The van der Waals surface area contributed by atoms with Crippen LogP contribution in [0.4, 0.5) is 0 Å². The zero-order chi connectivity index (χ0) is 12.8. The molecule has 1 unspecified atom stereocenters. The van der Waals surface area contributed by atoms with Crippen molar-refractivity contribution in [1.82, 2.24) is 9.97 Å². The summed E-state index contributed by atoms with van der Waals surface area (Å²) in [5.41, 5.74) is 0. The molecule has 0 spiro atoms. The van der Waals surface area contributed by atoms with Crippen LogP contribution in [0.5, 0.6) is 0 Å². The number of nitrogens with zero attached hydrogens (tertiary/aromatic N) is 1. The fourth-order valence-electron chi connectivity index (χ4n) is 1.48. The molecule has 0 aliphatic heterocycles. The average molecular weight is 238 g/mol. The van der Waals surface area contributed by atoms with Crippen molar-refractivity contribution in [2.45, 2.75) is 58.0 Å². The maximum atomic E-state index is 9.43. The lowest BCUT2D eigenvalue weighted by Gasteiger charge is -2.07. The first kappa shape index (κ1) is 15.9. The maximum absolute atomic E-state index is 9.43. The first-order valence-corrected chi connectivity index (χ1v) is 6.53. The van der Waals surface area contributed by atoms with Crippen LogP contribution in [0.2, 0.25) is 0 Å². The molecule has 0 fully saturated rings. The van der Waals surface area contributed by atoms with Gasteiger partial charge in [0.2, 0.25) is 0 Å². The summed E-state index contributed by atoms with van der Waals surface area (Å²) in [7, 11) is 0. The molecule has 0 bridgehead atoms. The summed E-state index contributed by atoms with van der Waals surface area (Å²) in [5, 5.41) is 9.43. The van der Waals surface area contributed by atoms with Gasteiger partial charge in [0.1, 0.15) is 0 Å². The number of aliphatic hydroxyl groups is 1. The summed E-state index contributed by atoms with van der Waals surface area (Å²) in [6.45, 7) is 5.83. The molecule has 1 rings (SSSR count). The molecule has 98 valence electrons. The van der Waals surface area contributed by atoms with Crippen LogP contribution in [0.15, 0.2) is 31.4 Å². The molecular formula is C14H26N2O. The molecule has 1 atom stereocenters. The molecule has 0 aliphatic rings. The number of rotatable bonds is 8. The number of hydrogen-bond acceptors (Lipinski definition) is 2. The Morgan fingerprint density at radius 1 is 1.35 bits per heavy atom. The molecule has 3 heteroatoms. The first-order valence-electron chi connectivity index (χ1n) is 6.53. The van der Waals surface area contributed by atoms with E-state index >= 15 is 0 Å². The number of H-pyrrole nitrogens is 1. The number of nitrogens with one attached hydrogen (secondary N) is 1. The third-order valence-electron chi connectivity index (χ3n) is 2.50. The summed E-state index contributed by atoms with van der Waals surface area (Å²) in [6.07, 6.45) is 14.7. The van der Waals surface area contributed by atoms with E-state index < -0.39 is 0 Å². The largest absolute Gasteiger partial charge is 0.393 e. The van der Waals surface area contributed by atoms with Gasteiger partial charge in [-0.25, -0.2) is 4.98 Å². The molecular weight excluding hydrogens is 212 g/mol. The van der Waals surface area contributed by atoms with Gasteiger partial charge < -0.3 is 10.1 Å². The fraction of sp³-hybridized carbons (Fsp3) is 0.643. The van der Waals surface area contributed by atoms with Crippen molar-refractivity contribution in [3.63, 3.8) is 0 Å². The quantitative estimate of drug-likeness (QED) is 0.536. The summed E-state index contributed by atoms with van der Waals surface area (Å²) >= 11 is 0. The lowest BCUT2D eigenvalue weighted by atomic mass is 10.1. The molecule has 0 amide bonds. The Bertz CT molecular complexity index is 217. The molecule has 3 nitrogen and oxygen atoms in total. The molecule has 0 aliphatic carbocycles. The Hall–Kier alpha value is -1.09. The van der Waals surface area contributed by atoms with Crippen LogP contribution in [0.3, 0.4) is 0 Å². The fourth-order valence-corrected chi connectivity index (χ4v) is 1.48. The van der Waals surface area contributed by atoms with E-state index in [0.717, 1.165) is 19.3 Å². The Labute approximate surface area is 105 Å². The number of allylic oxidation sites excluding steroid dienone is 1. The molecule has 0 aromatic carbocycles. The van der Waals surface area contributed by atoms with E-state index in [-0.39, 0.29) is 6.10 Å². The third kappa shape index (κ3) is 12.8. The number of unbranched alkanes of at least 4 members (excludes halogenated alkanes) is 3. The van der Waals surface area contributed by atoms with Crippen LogP contribution >= 0.6 is 0 Å². The topological polar surface area (TPSA) is 48.9 Å². The molecule has 17 heavy (non-hydrogen) atoms. The Balaban J connectivity index is 0.000000419. The van der Waals surface area contributed by atoms with Gasteiger partial charge in [-0.15, -0.1) is 6.58 Å². The summed E-state index contributed by atoms with van der Waals surface area (Å²) in [5.74, 6) is 0. The zero-order valence-corrected chi connectivity index (χ0v) is 10.9. The summed E-state index contributed by atoms with van der Waals surface area (Å²) < 4.78 is 0. The normalized spacial score (nSPS) is 11.4. The van der Waals surface area contributed by atoms with Crippen LogP contribution in [-0.4, -0.2) is 21.2 Å². The Morgan fingerprint density at radius 3 is 2.65 bits per heavy atom. The molecule has 1 aromatic heterocycles. The zero-order valence-electron chi connectivity index (χ0n) is 10.9. The van der Waals surface area contributed by atoms with Crippen LogP contribution in [0.25, 0.3) is 0 Å².